The summed E-state index contributed by atoms with van der Waals surface area (Å²) in [5, 5.41) is 2.93. The van der Waals surface area contributed by atoms with E-state index in [-0.39, 0.29) is 36.9 Å². The Morgan fingerprint density at radius 1 is 1.12 bits per heavy atom. The van der Waals surface area contributed by atoms with Gasteiger partial charge in [-0.15, -0.1) is 0 Å². The number of rotatable bonds is 6. The fourth-order valence-electron chi connectivity index (χ4n) is 4.03. The van der Waals surface area contributed by atoms with E-state index >= 15 is 0 Å². The van der Waals surface area contributed by atoms with Crippen LogP contribution >= 0.6 is 0 Å². The predicted octanol–water partition coefficient (Wildman–Crippen LogP) is 2.85. The largest absolute Gasteiger partial charge is 0.464 e. The molecule has 0 unspecified atom stereocenters. The lowest BCUT2D eigenvalue weighted by atomic mass is 9.93. The van der Waals surface area contributed by atoms with Crippen molar-refractivity contribution in [3.05, 3.63) is 88.8 Å². The molecule has 0 spiro atoms. The molecule has 1 aliphatic rings. The Balaban J connectivity index is 1.68. The number of methoxy groups -OCH3 is 1. The fraction of sp³-hybridized carbons (Fsp3) is 0.280. The number of hydrogen-bond donors (Lipinski definition) is 1. The SMILES string of the molecule is COC(=O)c1ncn2c1C(=O)N(Cc1ccc(F)cc1)[C@@](C)(C(=O)NCc1ccc(C)cc1)C2. The van der Waals surface area contributed by atoms with Gasteiger partial charge in [0.05, 0.1) is 20.0 Å². The number of halogens is 1. The molecule has 0 aliphatic carbocycles. The van der Waals surface area contributed by atoms with E-state index in [4.69, 9.17) is 4.74 Å². The van der Waals surface area contributed by atoms with E-state index in [1.54, 1.807) is 19.1 Å². The second-order valence-corrected chi connectivity index (χ2v) is 8.52. The molecule has 2 aromatic carbocycles. The maximum Gasteiger partial charge on any atom is 0.359 e. The number of benzene rings is 2. The molecular formula is C25H25FN4O4. The molecule has 2 amide bonds. The van der Waals surface area contributed by atoms with Gasteiger partial charge < -0.3 is 19.5 Å². The second-order valence-electron chi connectivity index (χ2n) is 8.52. The van der Waals surface area contributed by atoms with Crippen molar-refractivity contribution in [2.45, 2.75) is 39.0 Å². The molecule has 0 bridgehead atoms. The number of nitrogens with one attached hydrogen (secondary N) is 1. The fourth-order valence-corrected chi connectivity index (χ4v) is 4.03. The first-order valence-corrected chi connectivity index (χ1v) is 10.8. The van der Waals surface area contributed by atoms with Crippen LogP contribution in [0.5, 0.6) is 0 Å². The molecule has 176 valence electrons. The molecule has 1 N–H and O–H groups in total. The van der Waals surface area contributed by atoms with Crippen LogP contribution in [0, 0.1) is 12.7 Å². The molecule has 1 atom stereocenters. The smallest absolute Gasteiger partial charge is 0.359 e. The van der Waals surface area contributed by atoms with Gasteiger partial charge in [-0.3, -0.25) is 9.59 Å². The Bertz CT molecular complexity index is 1240. The number of imidazole rings is 1. The molecule has 2 heterocycles. The molecular weight excluding hydrogens is 439 g/mol. The number of aromatic nitrogens is 2. The van der Waals surface area contributed by atoms with E-state index in [0.29, 0.717) is 5.56 Å². The highest BCUT2D eigenvalue weighted by Gasteiger charge is 2.48. The minimum Gasteiger partial charge on any atom is -0.464 e. The summed E-state index contributed by atoms with van der Waals surface area (Å²) in [7, 11) is 1.21. The maximum absolute atomic E-state index is 13.6. The summed E-state index contributed by atoms with van der Waals surface area (Å²) in [5.41, 5.74) is 1.32. The first-order valence-electron chi connectivity index (χ1n) is 10.8. The molecule has 0 fully saturated rings. The van der Waals surface area contributed by atoms with Gasteiger partial charge in [-0.05, 0) is 37.1 Å². The zero-order valence-corrected chi connectivity index (χ0v) is 19.2. The van der Waals surface area contributed by atoms with Crippen LogP contribution in [-0.2, 0) is 29.2 Å². The van der Waals surface area contributed by atoms with Gasteiger partial charge in [0.1, 0.15) is 17.1 Å². The lowest BCUT2D eigenvalue weighted by molar-refractivity contribution is -0.133. The highest BCUT2D eigenvalue weighted by molar-refractivity contribution is 6.06. The molecule has 4 rings (SSSR count). The normalized spacial score (nSPS) is 17.3. The van der Waals surface area contributed by atoms with Crippen molar-refractivity contribution in [1.29, 1.82) is 0 Å². The maximum atomic E-state index is 13.6. The van der Waals surface area contributed by atoms with E-state index in [2.05, 4.69) is 10.3 Å². The second kappa shape index (κ2) is 9.09. The Morgan fingerprint density at radius 3 is 2.41 bits per heavy atom. The number of esters is 1. The number of carbonyl (C=O) groups excluding carboxylic acids is 3. The van der Waals surface area contributed by atoms with E-state index in [1.165, 1.54) is 35.0 Å². The van der Waals surface area contributed by atoms with Crippen molar-refractivity contribution in [2.24, 2.45) is 0 Å². The summed E-state index contributed by atoms with van der Waals surface area (Å²) in [5.74, 6) is -2.04. The third-order valence-corrected chi connectivity index (χ3v) is 6.05. The molecule has 1 aromatic heterocycles. The molecule has 9 heteroatoms. The Kier molecular flexibility index (Phi) is 6.19. The van der Waals surface area contributed by atoms with Crippen molar-refractivity contribution >= 4 is 17.8 Å². The van der Waals surface area contributed by atoms with E-state index in [1.807, 2.05) is 31.2 Å². The predicted molar refractivity (Wildman–Crippen MR) is 121 cm³/mol. The number of ether oxygens (including phenoxy) is 1. The third kappa shape index (κ3) is 4.28. The van der Waals surface area contributed by atoms with Crippen LogP contribution in [0.3, 0.4) is 0 Å². The van der Waals surface area contributed by atoms with Gasteiger partial charge in [0.2, 0.25) is 5.91 Å². The van der Waals surface area contributed by atoms with Crippen LogP contribution in [0.4, 0.5) is 4.39 Å². The zero-order valence-electron chi connectivity index (χ0n) is 19.2. The van der Waals surface area contributed by atoms with E-state index < -0.39 is 23.2 Å². The van der Waals surface area contributed by atoms with Crippen molar-refractivity contribution in [1.82, 2.24) is 19.8 Å². The monoisotopic (exact) mass is 464 g/mol. The summed E-state index contributed by atoms with van der Waals surface area (Å²) >= 11 is 0. The van der Waals surface area contributed by atoms with Gasteiger partial charge in [0, 0.05) is 13.1 Å². The van der Waals surface area contributed by atoms with Gasteiger partial charge in [-0.1, -0.05) is 42.0 Å². The minimum absolute atomic E-state index is 0.0410. The van der Waals surface area contributed by atoms with Crippen LogP contribution in [0.1, 0.15) is 44.6 Å². The summed E-state index contributed by atoms with van der Waals surface area (Å²) in [6, 6.07) is 13.5. The molecule has 3 aromatic rings. The molecule has 0 saturated heterocycles. The summed E-state index contributed by atoms with van der Waals surface area (Å²) in [6.45, 7) is 4.06. The molecule has 1 aliphatic heterocycles. The minimum atomic E-state index is -1.29. The summed E-state index contributed by atoms with van der Waals surface area (Å²) in [6.07, 6.45) is 1.36. The van der Waals surface area contributed by atoms with Crippen molar-refractivity contribution in [2.75, 3.05) is 7.11 Å². The average Bonchev–Trinajstić information content (AvgIpc) is 3.25. The zero-order chi connectivity index (χ0) is 24.5. The van der Waals surface area contributed by atoms with Gasteiger partial charge >= 0.3 is 5.97 Å². The third-order valence-electron chi connectivity index (χ3n) is 6.05. The highest BCUT2D eigenvalue weighted by Crippen LogP contribution is 2.31. The molecule has 8 nitrogen and oxygen atoms in total. The molecule has 0 radical (unpaired) electrons. The van der Waals surface area contributed by atoms with Crippen LogP contribution in [0.25, 0.3) is 0 Å². The van der Waals surface area contributed by atoms with Crippen LogP contribution in [0.2, 0.25) is 0 Å². The van der Waals surface area contributed by atoms with Crippen LogP contribution < -0.4 is 5.32 Å². The lowest BCUT2D eigenvalue weighted by Gasteiger charge is -2.43. The number of amides is 2. The summed E-state index contributed by atoms with van der Waals surface area (Å²) in [4.78, 5) is 44.7. The van der Waals surface area contributed by atoms with Gasteiger partial charge in [0.15, 0.2) is 5.69 Å². The van der Waals surface area contributed by atoms with E-state index in [0.717, 1.165) is 11.1 Å². The molecule has 0 saturated carbocycles. The lowest BCUT2D eigenvalue weighted by Crippen LogP contribution is -2.63. The first-order chi connectivity index (χ1) is 16.2. The van der Waals surface area contributed by atoms with Crippen LogP contribution in [0.15, 0.2) is 54.9 Å². The van der Waals surface area contributed by atoms with Gasteiger partial charge in [-0.25, -0.2) is 14.2 Å². The van der Waals surface area contributed by atoms with E-state index in [9.17, 15) is 18.8 Å². The number of carbonyl (C=O) groups is 3. The molecule has 34 heavy (non-hydrogen) atoms. The highest BCUT2D eigenvalue weighted by atomic mass is 19.1. The summed E-state index contributed by atoms with van der Waals surface area (Å²) < 4.78 is 19.7. The number of hydrogen-bond acceptors (Lipinski definition) is 5. The Hall–Kier alpha value is -4.01. The number of aryl methyl sites for hydroxylation is 1. The Morgan fingerprint density at radius 2 is 1.76 bits per heavy atom. The van der Waals surface area contributed by atoms with Crippen molar-refractivity contribution in [3.63, 3.8) is 0 Å². The average molecular weight is 464 g/mol. The van der Waals surface area contributed by atoms with Crippen molar-refractivity contribution < 1.29 is 23.5 Å². The van der Waals surface area contributed by atoms with Crippen molar-refractivity contribution in [3.8, 4) is 0 Å². The van der Waals surface area contributed by atoms with Gasteiger partial charge in [-0.2, -0.15) is 0 Å². The topological polar surface area (TPSA) is 93.5 Å². The van der Waals surface area contributed by atoms with Gasteiger partial charge in [0.25, 0.3) is 5.91 Å². The standard InChI is InChI=1S/C25H25FN4O4/c1-16-4-6-17(7-5-16)12-27-24(33)25(2)14-29-15-28-20(23(32)34-3)21(29)22(31)30(25)13-18-8-10-19(26)11-9-18/h4-11,15H,12-14H2,1-3H3,(H,27,33)/t25-/m1/s1. The number of fused-ring (bicyclic) bond motifs is 1. The quantitative estimate of drug-likeness (QED) is 0.567. The Labute approximate surface area is 196 Å². The number of nitrogens with zero attached hydrogens (tertiary/aromatic N) is 3. The first kappa shape index (κ1) is 23.2. The van der Waals surface area contributed by atoms with Crippen LogP contribution in [-0.4, -0.2) is 44.9 Å².